The minimum absolute atomic E-state index is 0.0810. The van der Waals surface area contributed by atoms with Gasteiger partial charge in [0, 0.05) is 12.2 Å². The van der Waals surface area contributed by atoms with Crippen molar-refractivity contribution in [2.24, 2.45) is 0 Å². The van der Waals surface area contributed by atoms with Gasteiger partial charge in [0.25, 0.3) is 5.25 Å². The number of rotatable bonds is 0. The van der Waals surface area contributed by atoms with E-state index in [2.05, 4.69) is 0 Å². The van der Waals surface area contributed by atoms with Gasteiger partial charge in [-0.2, -0.15) is 8.78 Å². The molecule has 0 atom stereocenters. The van der Waals surface area contributed by atoms with E-state index in [0.717, 1.165) is 11.8 Å². The third-order valence-corrected chi connectivity index (χ3v) is 1.74. The maximum absolute atomic E-state index is 11.5. The Labute approximate surface area is 38.9 Å². The lowest BCUT2D eigenvalue weighted by molar-refractivity contribution is 0.0873. The molecule has 0 spiro atoms. The van der Waals surface area contributed by atoms with Gasteiger partial charge in [-0.15, -0.1) is 0 Å². The molecule has 0 unspecified atom stereocenters. The molecule has 1 fully saturated rings. The van der Waals surface area contributed by atoms with Crippen molar-refractivity contribution >= 4 is 11.8 Å². The Morgan fingerprint density at radius 3 is 1.83 bits per heavy atom. The van der Waals surface area contributed by atoms with E-state index in [9.17, 15) is 8.78 Å². The average Bonchev–Trinajstić information content (AvgIpc) is 1.32. The molecule has 1 aliphatic rings. The van der Waals surface area contributed by atoms with Gasteiger partial charge in [-0.05, 0) is 0 Å². The van der Waals surface area contributed by atoms with Gasteiger partial charge in [-0.25, -0.2) is 0 Å². The highest BCUT2D eigenvalue weighted by Gasteiger charge is 2.37. The first-order chi connectivity index (χ1) is 2.71. The van der Waals surface area contributed by atoms with Gasteiger partial charge < -0.3 is 0 Å². The highest BCUT2D eigenvalue weighted by molar-refractivity contribution is 8.01. The number of thioether (sulfide) groups is 1. The normalized spacial score (nSPS) is 29.0. The Bertz CT molecular complexity index is 55.8. The van der Waals surface area contributed by atoms with Gasteiger partial charge in [0.15, 0.2) is 0 Å². The van der Waals surface area contributed by atoms with E-state index < -0.39 is 5.25 Å². The fraction of sp³-hybridized carbons (Fsp3) is 1.00. The SMILES string of the molecule is FC1(F)CCS1. The molecule has 0 aromatic heterocycles. The largest absolute Gasteiger partial charge is 0.294 e. The Morgan fingerprint density at radius 1 is 1.50 bits per heavy atom. The van der Waals surface area contributed by atoms with Gasteiger partial charge in [-0.3, -0.25) is 0 Å². The predicted molar refractivity (Wildman–Crippen MR) is 22.0 cm³/mol. The number of hydrogen-bond acceptors (Lipinski definition) is 1. The summed E-state index contributed by atoms with van der Waals surface area (Å²) in [6.07, 6.45) is 0.0810. The quantitative estimate of drug-likeness (QED) is 0.457. The van der Waals surface area contributed by atoms with Crippen molar-refractivity contribution in [2.45, 2.75) is 11.7 Å². The zero-order chi connectivity index (χ0) is 4.62. The van der Waals surface area contributed by atoms with E-state index >= 15 is 0 Å². The first-order valence-corrected chi connectivity index (χ1v) is 2.71. The van der Waals surface area contributed by atoms with Crippen molar-refractivity contribution in [3.63, 3.8) is 0 Å². The second-order valence-electron chi connectivity index (χ2n) is 1.24. The average molecular weight is 110 g/mol. The fourth-order valence-corrected chi connectivity index (χ4v) is 0.769. The summed E-state index contributed by atoms with van der Waals surface area (Å²) in [5.74, 6) is 0.632. The lowest BCUT2D eigenvalue weighted by Crippen LogP contribution is -2.22. The summed E-state index contributed by atoms with van der Waals surface area (Å²) in [7, 11) is 0. The topological polar surface area (TPSA) is 0 Å². The summed E-state index contributed by atoms with van der Waals surface area (Å²) in [6, 6.07) is 0. The van der Waals surface area contributed by atoms with Crippen LogP contribution in [-0.4, -0.2) is 11.0 Å². The smallest absolute Gasteiger partial charge is 0.194 e. The molecule has 0 aromatic rings. The standard InChI is InChI=1S/C3H4F2S/c4-3(5)1-2-6-3/h1-2H2. The molecule has 0 saturated carbocycles. The first kappa shape index (κ1) is 4.37. The first-order valence-electron chi connectivity index (χ1n) is 1.72. The van der Waals surface area contributed by atoms with Crippen LogP contribution in [0.25, 0.3) is 0 Å². The van der Waals surface area contributed by atoms with Gasteiger partial charge in [0.05, 0.1) is 0 Å². The van der Waals surface area contributed by atoms with Crippen molar-refractivity contribution in [3.05, 3.63) is 0 Å². The van der Waals surface area contributed by atoms with Gasteiger partial charge in [0.1, 0.15) is 0 Å². The lowest BCUT2D eigenvalue weighted by atomic mass is 10.5. The summed E-state index contributed by atoms with van der Waals surface area (Å²) in [5, 5.41) is -2.36. The summed E-state index contributed by atoms with van der Waals surface area (Å²) in [6.45, 7) is 0. The van der Waals surface area contributed by atoms with Crippen LogP contribution in [0.15, 0.2) is 0 Å². The Hall–Kier alpha value is 0.210. The molecule has 0 nitrogen and oxygen atoms in total. The highest BCUT2D eigenvalue weighted by Crippen LogP contribution is 2.42. The van der Waals surface area contributed by atoms with Crippen LogP contribution in [-0.2, 0) is 0 Å². The fourth-order valence-electron chi connectivity index (χ4n) is 0.256. The van der Waals surface area contributed by atoms with Crippen molar-refractivity contribution in [3.8, 4) is 0 Å². The van der Waals surface area contributed by atoms with Crippen molar-refractivity contribution in [2.75, 3.05) is 5.75 Å². The number of alkyl halides is 2. The van der Waals surface area contributed by atoms with Gasteiger partial charge in [0.2, 0.25) is 0 Å². The van der Waals surface area contributed by atoms with Crippen LogP contribution in [0.2, 0.25) is 0 Å². The van der Waals surface area contributed by atoms with Crippen LogP contribution in [0.5, 0.6) is 0 Å². The molecule has 3 heteroatoms. The van der Waals surface area contributed by atoms with E-state index in [1.165, 1.54) is 0 Å². The van der Waals surface area contributed by atoms with Crippen molar-refractivity contribution < 1.29 is 8.78 Å². The minimum Gasteiger partial charge on any atom is -0.194 e. The van der Waals surface area contributed by atoms with Crippen LogP contribution in [0, 0.1) is 0 Å². The van der Waals surface area contributed by atoms with E-state index in [-0.39, 0.29) is 6.42 Å². The number of hydrogen-bond donors (Lipinski definition) is 0. The molecule has 1 aliphatic heterocycles. The predicted octanol–water partition coefficient (Wildman–Crippen LogP) is 1.72. The molecule has 1 saturated heterocycles. The molecule has 6 heavy (non-hydrogen) atoms. The zero-order valence-corrected chi connectivity index (χ0v) is 3.89. The van der Waals surface area contributed by atoms with Crippen LogP contribution in [0.4, 0.5) is 8.78 Å². The van der Waals surface area contributed by atoms with Crippen LogP contribution >= 0.6 is 11.8 Å². The Morgan fingerprint density at radius 2 is 1.83 bits per heavy atom. The number of halogens is 2. The molecule has 36 valence electrons. The van der Waals surface area contributed by atoms with E-state index in [1.807, 2.05) is 0 Å². The Kier molecular flexibility index (Phi) is 0.793. The molecule has 1 heterocycles. The molecule has 0 aromatic carbocycles. The summed E-state index contributed by atoms with van der Waals surface area (Å²) >= 11 is 0.729. The van der Waals surface area contributed by atoms with E-state index in [0.29, 0.717) is 5.75 Å². The van der Waals surface area contributed by atoms with Crippen LogP contribution < -0.4 is 0 Å². The summed E-state index contributed by atoms with van der Waals surface area (Å²) in [4.78, 5) is 0. The zero-order valence-electron chi connectivity index (χ0n) is 3.08. The molecule has 0 bridgehead atoms. The van der Waals surface area contributed by atoms with Crippen molar-refractivity contribution in [1.82, 2.24) is 0 Å². The van der Waals surface area contributed by atoms with Crippen molar-refractivity contribution in [1.29, 1.82) is 0 Å². The lowest BCUT2D eigenvalue weighted by Gasteiger charge is -2.23. The third kappa shape index (κ3) is 0.644. The molecular formula is C3H4F2S. The molecule has 1 rings (SSSR count). The van der Waals surface area contributed by atoms with Gasteiger partial charge in [-0.1, -0.05) is 11.8 Å². The highest BCUT2D eigenvalue weighted by atomic mass is 32.2. The van der Waals surface area contributed by atoms with Crippen LogP contribution in [0.3, 0.4) is 0 Å². The molecule has 0 aliphatic carbocycles. The second-order valence-corrected chi connectivity index (χ2v) is 2.53. The maximum Gasteiger partial charge on any atom is 0.294 e. The molecule has 0 radical (unpaired) electrons. The third-order valence-electron chi connectivity index (χ3n) is 0.706. The van der Waals surface area contributed by atoms with E-state index in [1.54, 1.807) is 0 Å². The minimum atomic E-state index is -2.36. The molecule has 0 N–H and O–H groups in total. The molecule has 0 amide bonds. The maximum atomic E-state index is 11.5. The Balaban J connectivity index is 2.31. The van der Waals surface area contributed by atoms with E-state index in [4.69, 9.17) is 0 Å². The molecular weight excluding hydrogens is 106 g/mol. The summed E-state index contributed by atoms with van der Waals surface area (Å²) in [5.41, 5.74) is 0. The summed E-state index contributed by atoms with van der Waals surface area (Å²) < 4.78 is 23.0. The monoisotopic (exact) mass is 110 g/mol. The van der Waals surface area contributed by atoms with Crippen LogP contribution in [0.1, 0.15) is 6.42 Å². The second kappa shape index (κ2) is 1.09. The van der Waals surface area contributed by atoms with Gasteiger partial charge >= 0.3 is 0 Å².